The van der Waals surface area contributed by atoms with Crippen LogP contribution >= 0.6 is 12.2 Å². The van der Waals surface area contributed by atoms with Gasteiger partial charge >= 0.3 is 0 Å². The standard InChI is InChI=1S/C14H20N4O3S/c19-12-2-1-11(13(20)9-12)10-16-17-14(22)15-3-4-18-5-7-21-8-6-18/h1-2,9-10,19-20H,3-8H2,(H2,15,17,22). The van der Waals surface area contributed by atoms with Crippen LogP contribution in [0.5, 0.6) is 11.5 Å². The first-order chi connectivity index (χ1) is 10.6. The van der Waals surface area contributed by atoms with Crippen LogP contribution in [0, 0.1) is 0 Å². The fourth-order valence-electron chi connectivity index (χ4n) is 1.99. The van der Waals surface area contributed by atoms with Crippen LogP contribution in [0.4, 0.5) is 0 Å². The van der Waals surface area contributed by atoms with Gasteiger partial charge in [0.05, 0.1) is 19.4 Å². The van der Waals surface area contributed by atoms with Crippen molar-refractivity contribution in [1.82, 2.24) is 15.6 Å². The van der Waals surface area contributed by atoms with E-state index in [2.05, 4.69) is 20.7 Å². The largest absolute Gasteiger partial charge is 0.508 e. The van der Waals surface area contributed by atoms with Crippen molar-refractivity contribution in [1.29, 1.82) is 0 Å². The van der Waals surface area contributed by atoms with Gasteiger partial charge in [0.1, 0.15) is 11.5 Å². The Balaban J connectivity index is 1.67. The Hall–Kier alpha value is -1.90. The first-order valence-corrected chi connectivity index (χ1v) is 7.45. The maximum absolute atomic E-state index is 9.60. The maximum Gasteiger partial charge on any atom is 0.187 e. The van der Waals surface area contributed by atoms with Gasteiger partial charge in [-0.15, -0.1) is 0 Å². The van der Waals surface area contributed by atoms with Crippen LogP contribution in [-0.4, -0.2) is 65.8 Å². The summed E-state index contributed by atoms with van der Waals surface area (Å²) in [6.45, 7) is 5.08. The van der Waals surface area contributed by atoms with Gasteiger partial charge in [0.15, 0.2) is 5.11 Å². The molecule has 0 radical (unpaired) electrons. The van der Waals surface area contributed by atoms with Crippen LogP contribution in [0.1, 0.15) is 5.56 Å². The van der Waals surface area contributed by atoms with Crippen molar-refractivity contribution >= 4 is 23.5 Å². The molecule has 8 heteroatoms. The molecule has 1 saturated heterocycles. The van der Waals surface area contributed by atoms with E-state index in [1.807, 2.05) is 0 Å². The SMILES string of the molecule is Oc1ccc(C=NNC(=S)NCCN2CCOCC2)c(O)c1. The third kappa shape index (κ3) is 5.47. The van der Waals surface area contributed by atoms with Crippen LogP contribution < -0.4 is 10.7 Å². The molecule has 2 rings (SSSR count). The van der Waals surface area contributed by atoms with Gasteiger partial charge in [0.25, 0.3) is 0 Å². The van der Waals surface area contributed by atoms with E-state index in [0.29, 0.717) is 10.7 Å². The van der Waals surface area contributed by atoms with E-state index in [1.54, 1.807) is 6.07 Å². The molecule has 0 aliphatic carbocycles. The van der Waals surface area contributed by atoms with Gasteiger partial charge < -0.3 is 20.3 Å². The highest BCUT2D eigenvalue weighted by atomic mass is 32.1. The van der Waals surface area contributed by atoms with E-state index in [0.717, 1.165) is 39.4 Å². The average molecular weight is 324 g/mol. The number of nitrogens with one attached hydrogen (secondary N) is 2. The van der Waals surface area contributed by atoms with Crippen molar-refractivity contribution < 1.29 is 14.9 Å². The summed E-state index contributed by atoms with van der Waals surface area (Å²) in [5.41, 5.74) is 3.17. The molecule has 0 spiro atoms. The number of phenols is 2. The number of thiocarbonyl (C=S) groups is 1. The highest BCUT2D eigenvalue weighted by molar-refractivity contribution is 7.80. The van der Waals surface area contributed by atoms with E-state index in [9.17, 15) is 10.2 Å². The van der Waals surface area contributed by atoms with E-state index in [4.69, 9.17) is 17.0 Å². The van der Waals surface area contributed by atoms with Gasteiger partial charge in [0, 0.05) is 37.8 Å². The van der Waals surface area contributed by atoms with Crippen molar-refractivity contribution in [2.75, 3.05) is 39.4 Å². The average Bonchev–Trinajstić information content (AvgIpc) is 2.50. The summed E-state index contributed by atoms with van der Waals surface area (Å²) < 4.78 is 5.28. The minimum absolute atomic E-state index is 0.00269. The first kappa shape index (κ1) is 16.5. The third-order valence-electron chi connectivity index (χ3n) is 3.20. The molecule has 0 bridgehead atoms. The monoisotopic (exact) mass is 324 g/mol. The summed E-state index contributed by atoms with van der Waals surface area (Å²) in [6, 6.07) is 4.28. The zero-order valence-corrected chi connectivity index (χ0v) is 13.0. The number of nitrogens with zero attached hydrogens (tertiary/aromatic N) is 2. The fourth-order valence-corrected chi connectivity index (χ4v) is 2.15. The molecule has 0 unspecified atom stereocenters. The Kier molecular flexibility index (Phi) is 6.38. The number of benzene rings is 1. The van der Waals surface area contributed by atoms with E-state index >= 15 is 0 Å². The van der Waals surface area contributed by atoms with Crippen molar-refractivity contribution in [3.05, 3.63) is 23.8 Å². The molecule has 0 atom stereocenters. The number of phenolic OH excluding ortho intramolecular Hbond substituents is 2. The Morgan fingerprint density at radius 1 is 1.36 bits per heavy atom. The molecule has 1 aromatic rings. The Morgan fingerprint density at radius 3 is 2.86 bits per heavy atom. The molecule has 4 N–H and O–H groups in total. The van der Waals surface area contributed by atoms with Crippen LogP contribution in [0.3, 0.4) is 0 Å². The van der Waals surface area contributed by atoms with E-state index in [-0.39, 0.29) is 11.5 Å². The second kappa shape index (κ2) is 8.52. The van der Waals surface area contributed by atoms with E-state index < -0.39 is 0 Å². The highest BCUT2D eigenvalue weighted by Crippen LogP contribution is 2.20. The Labute approximate surface area is 134 Å². The van der Waals surface area contributed by atoms with Gasteiger partial charge in [-0.3, -0.25) is 10.3 Å². The lowest BCUT2D eigenvalue weighted by Crippen LogP contribution is -2.42. The lowest BCUT2D eigenvalue weighted by Gasteiger charge is -2.26. The molecule has 0 amide bonds. The predicted molar refractivity (Wildman–Crippen MR) is 88.4 cm³/mol. The molecule has 0 aromatic heterocycles. The maximum atomic E-state index is 9.60. The predicted octanol–water partition coefficient (Wildman–Crippen LogP) is 0.228. The van der Waals surface area contributed by atoms with E-state index in [1.165, 1.54) is 18.3 Å². The summed E-state index contributed by atoms with van der Waals surface area (Å²) in [5.74, 6) is -0.0420. The zero-order chi connectivity index (χ0) is 15.8. The van der Waals surface area contributed by atoms with Crippen LogP contribution in [-0.2, 0) is 4.74 Å². The number of aromatic hydroxyl groups is 2. The van der Waals surface area contributed by atoms with Crippen molar-refractivity contribution in [2.45, 2.75) is 0 Å². The molecule has 1 aromatic carbocycles. The molecule has 0 saturated carbocycles. The number of rotatable bonds is 5. The Morgan fingerprint density at radius 2 is 2.14 bits per heavy atom. The minimum atomic E-state index is -0.0447. The number of hydrazone groups is 1. The van der Waals surface area contributed by atoms with Crippen LogP contribution in [0.2, 0.25) is 0 Å². The summed E-state index contributed by atoms with van der Waals surface area (Å²) >= 11 is 5.11. The molecular weight excluding hydrogens is 304 g/mol. The number of ether oxygens (including phenoxy) is 1. The molecule has 7 nitrogen and oxygen atoms in total. The smallest absolute Gasteiger partial charge is 0.187 e. The molecule has 1 aliphatic rings. The van der Waals surface area contributed by atoms with Gasteiger partial charge in [-0.25, -0.2) is 0 Å². The second-order valence-corrected chi connectivity index (χ2v) is 5.23. The van der Waals surface area contributed by atoms with Crippen molar-refractivity contribution in [3.63, 3.8) is 0 Å². The summed E-state index contributed by atoms with van der Waals surface area (Å²) in [7, 11) is 0. The molecule has 120 valence electrons. The fraction of sp³-hybridized carbons (Fsp3) is 0.429. The molecular formula is C14H20N4O3S. The van der Waals surface area contributed by atoms with Gasteiger partial charge in [-0.1, -0.05) is 0 Å². The quantitative estimate of drug-likeness (QED) is 0.350. The normalized spacial score (nSPS) is 15.8. The Bertz CT molecular complexity index is 533. The van der Waals surface area contributed by atoms with Gasteiger partial charge in [-0.2, -0.15) is 5.10 Å². The molecule has 1 aliphatic heterocycles. The number of hydrogen-bond acceptors (Lipinski definition) is 6. The van der Waals surface area contributed by atoms with Gasteiger partial charge in [0.2, 0.25) is 0 Å². The van der Waals surface area contributed by atoms with Crippen LogP contribution in [0.25, 0.3) is 0 Å². The zero-order valence-electron chi connectivity index (χ0n) is 12.2. The lowest BCUT2D eigenvalue weighted by atomic mass is 10.2. The second-order valence-electron chi connectivity index (χ2n) is 4.82. The molecule has 22 heavy (non-hydrogen) atoms. The molecule has 1 heterocycles. The van der Waals surface area contributed by atoms with Crippen LogP contribution in [0.15, 0.2) is 23.3 Å². The third-order valence-corrected chi connectivity index (χ3v) is 3.44. The topological polar surface area (TPSA) is 89.4 Å². The van der Waals surface area contributed by atoms with Crippen molar-refractivity contribution in [2.24, 2.45) is 5.10 Å². The van der Waals surface area contributed by atoms with Gasteiger partial charge in [-0.05, 0) is 24.4 Å². The molecule has 1 fully saturated rings. The minimum Gasteiger partial charge on any atom is -0.508 e. The summed E-state index contributed by atoms with van der Waals surface area (Å²) in [5, 5.41) is 26.2. The number of hydrogen-bond donors (Lipinski definition) is 4. The first-order valence-electron chi connectivity index (χ1n) is 7.04. The lowest BCUT2D eigenvalue weighted by molar-refractivity contribution is 0.0389. The summed E-state index contributed by atoms with van der Waals surface area (Å²) in [4.78, 5) is 2.30. The number of morpholine rings is 1. The highest BCUT2D eigenvalue weighted by Gasteiger charge is 2.09. The van der Waals surface area contributed by atoms with Crippen molar-refractivity contribution in [3.8, 4) is 11.5 Å². The summed E-state index contributed by atoms with van der Waals surface area (Å²) in [6.07, 6.45) is 1.44.